The van der Waals surface area contributed by atoms with Crippen LogP contribution in [0.4, 0.5) is 15.9 Å². The van der Waals surface area contributed by atoms with Crippen LogP contribution in [0.15, 0.2) is 66.3 Å². The van der Waals surface area contributed by atoms with E-state index in [1.165, 1.54) is 23.5 Å². The van der Waals surface area contributed by atoms with Crippen LogP contribution in [0.25, 0.3) is 22.2 Å². The fourth-order valence-electron chi connectivity index (χ4n) is 5.70. The van der Waals surface area contributed by atoms with E-state index in [2.05, 4.69) is 37.7 Å². The van der Waals surface area contributed by atoms with Gasteiger partial charge in [-0.15, -0.1) is 0 Å². The number of H-pyrrole nitrogens is 1. The van der Waals surface area contributed by atoms with Gasteiger partial charge in [-0.1, -0.05) is 30.3 Å². The predicted octanol–water partition coefficient (Wildman–Crippen LogP) is 2.28. The van der Waals surface area contributed by atoms with Crippen LogP contribution < -0.4 is 15.8 Å². The zero-order valence-electron chi connectivity index (χ0n) is 24.8. The maximum absolute atomic E-state index is 14.9. The number of aromatic amines is 1. The van der Waals surface area contributed by atoms with Gasteiger partial charge in [0.25, 0.3) is 11.7 Å². The van der Waals surface area contributed by atoms with Gasteiger partial charge < -0.3 is 19.5 Å². The van der Waals surface area contributed by atoms with Crippen LogP contribution in [0.2, 0.25) is 0 Å². The molecular weight excluding hydrogens is 579 g/mol. The summed E-state index contributed by atoms with van der Waals surface area (Å²) in [6.07, 6.45) is 7.07. The summed E-state index contributed by atoms with van der Waals surface area (Å²) in [5, 5.41) is 6.01. The molecule has 0 unspecified atom stereocenters. The monoisotopic (exact) mass is 614 g/mol. The van der Waals surface area contributed by atoms with Crippen LogP contribution in [0, 0.1) is 5.82 Å². The number of ketones is 1. The Balaban J connectivity index is 1.17. The highest BCUT2D eigenvalue weighted by Gasteiger charge is 2.31. The average Bonchev–Trinajstić information content (AvgIpc) is 3.73. The molecule has 1 aromatic carbocycles. The number of rotatable bonds is 10. The van der Waals surface area contributed by atoms with Crippen molar-refractivity contribution >= 4 is 40.8 Å². The minimum atomic E-state index is -0.807. The Morgan fingerprint density at radius 1 is 1.11 bits per heavy atom. The Bertz CT molecular complexity index is 1710. The van der Waals surface area contributed by atoms with Crippen LogP contribution in [0.3, 0.4) is 0 Å². The number of amides is 1. The molecule has 45 heavy (non-hydrogen) atoms. The van der Waals surface area contributed by atoms with E-state index in [-0.39, 0.29) is 22.3 Å². The van der Waals surface area contributed by atoms with Crippen LogP contribution in [0.5, 0.6) is 0 Å². The topological polar surface area (TPSA) is 141 Å². The molecule has 234 valence electrons. The molecule has 2 aliphatic rings. The van der Waals surface area contributed by atoms with E-state index in [0.717, 1.165) is 67.5 Å². The SMILES string of the molecule is C=N/C=C\N(N)c1ncc(F)c2c(C(=O)C(=O)N3CCN(c4cn(CCN5CCOCC5)nc4-c4ccccc4)CC3)c[nH]c12. The van der Waals surface area contributed by atoms with E-state index in [1.54, 1.807) is 0 Å². The summed E-state index contributed by atoms with van der Waals surface area (Å²) in [4.78, 5) is 43.3. The highest BCUT2D eigenvalue weighted by atomic mass is 19.1. The highest BCUT2D eigenvalue weighted by Crippen LogP contribution is 2.31. The fourth-order valence-corrected chi connectivity index (χ4v) is 5.70. The predicted molar refractivity (Wildman–Crippen MR) is 169 cm³/mol. The number of benzene rings is 1. The van der Waals surface area contributed by atoms with Crippen molar-refractivity contribution in [2.24, 2.45) is 10.8 Å². The smallest absolute Gasteiger partial charge is 0.295 e. The van der Waals surface area contributed by atoms with Crippen molar-refractivity contribution in [1.82, 2.24) is 29.5 Å². The number of pyridine rings is 1. The van der Waals surface area contributed by atoms with Gasteiger partial charge in [-0.05, 0) is 6.72 Å². The standard InChI is InChI=1S/C31H35FN10O3/c1-34-7-8-42(33)30-28-26(24(32)20-36-30)23(19-35-28)29(43)31(44)40-12-10-39(11-13-40)25-21-41(14-9-38-15-17-45-18-16-38)37-27(25)22-5-3-2-4-6-22/h2-8,19-21,35H,1,9-18,33H2/b8-7-. The summed E-state index contributed by atoms with van der Waals surface area (Å²) in [5.41, 5.74) is 2.97. The third-order valence-electron chi connectivity index (χ3n) is 8.11. The average molecular weight is 615 g/mol. The summed E-state index contributed by atoms with van der Waals surface area (Å²) in [6.45, 7) is 9.96. The minimum absolute atomic E-state index is 0.0515. The van der Waals surface area contributed by atoms with Crippen LogP contribution in [-0.4, -0.2) is 107 Å². The Labute approximate surface area is 259 Å². The number of aromatic nitrogens is 4. The number of nitrogens with zero attached hydrogens (tertiary/aromatic N) is 8. The quantitative estimate of drug-likeness (QED) is 0.0905. The minimum Gasteiger partial charge on any atom is -0.379 e. The molecule has 6 rings (SSSR count). The Hall–Kier alpha value is -4.92. The largest absolute Gasteiger partial charge is 0.379 e. The van der Waals surface area contributed by atoms with Crippen molar-refractivity contribution in [2.45, 2.75) is 6.54 Å². The van der Waals surface area contributed by atoms with Gasteiger partial charge >= 0.3 is 0 Å². The molecule has 1 amide bonds. The van der Waals surface area contributed by atoms with Crippen molar-refractivity contribution in [3.05, 3.63) is 72.7 Å². The molecular formula is C31H35FN10O3. The second-order valence-corrected chi connectivity index (χ2v) is 10.8. The van der Waals surface area contributed by atoms with Crippen LogP contribution in [0.1, 0.15) is 10.4 Å². The van der Waals surface area contributed by atoms with Gasteiger partial charge in [0.05, 0.1) is 48.1 Å². The second-order valence-electron chi connectivity index (χ2n) is 10.8. The van der Waals surface area contributed by atoms with E-state index < -0.39 is 17.5 Å². The second kappa shape index (κ2) is 13.4. The van der Waals surface area contributed by atoms with Crippen LogP contribution in [-0.2, 0) is 16.1 Å². The number of halogens is 1. The van der Waals surface area contributed by atoms with E-state index in [0.29, 0.717) is 26.2 Å². The van der Waals surface area contributed by atoms with E-state index in [1.807, 2.05) is 35.0 Å². The van der Waals surface area contributed by atoms with Gasteiger partial charge in [0.15, 0.2) is 11.6 Å². The molecule has 0 bridgehead atoms. The van der Waals surface area contributed by atoms with Crippen molar-refractivity contribution in [3.8, 4) is 11.3 Å². The van der Waals surface area contributed by atoms with E-state index in [9.17, 15) is 14.0 Å². The molecule has 5 heterocycles. The van der Waals surface area contributed by atoms with Crippen molar-refractivity contribution in [2.75, 3.05) is 68.9 Å². The van der Waals surface area contributed by atoms with E-state index in [4.69, 9.17) is 15.7 Å². The van der Waals surface area contributed by atoms with E-state index >= 15 is 0 Å². The molecule has 0 saturated carbocycles. The first-order chi connectivity index (χ1) is 21.9. The van der Waals surface area contributed by atoms with Crippen molar-refractivity contribution in [1.29, 1.82) is 0 Å². The number of hydrogen-bond acceptors (Lipinski definition) is 10. The summed E-state index contributed by atoms with van der Waals surface area (Å²) in [5.74, 6) is 3.91. The lowest BCUT2D eigenvalue weighted by Crippen LogP contribution is -2.50. The van der Waals surface area contributed by atoms with Gasteiger partial charge in [-0.2, -0.15) is 5.10 Å². The van der Waals surface area contributed by atoms with Gasteiger partial charge in [0.1, 0.15) is 5.69 Å². The zero-order chi connectivity index (χ0) is 31.3. The first kappa shape index (κ1) is 30.1. The molecule has 0 atom stereocenters. The number of nitrogens with two attached hydrogens (primary N) is 1. The summed E-state index contributed by atoms with van der Waals surface area (Å²) in [7, 11) is 0. The number of hydrogen-bond donors (Lipinski definition) is 2. The third-order valence-corrected chi connectivity index (χ3v) is 8.11. The lowest BCUT2D eigenvalue weighted by molar-refractivity contribution is -0.126. The summed E-state index contributed by atoms with van der Waals surface area (Å²) in [6, 6.07) is 10.0. The number of Topliss-reactive ketones (excluding diaryl/α,β-unsaturated/α-hetero) is 1. The molecule has 3 aromatic heterocycles. The Morgan fingerprint density at radius 3 is 2.60 bits per heavy atom. The third kappa shape index (κ3) is 6.34. The number of ether oxygens (including phenoxy) is 1. The molecule has 2 fully saturated rings. The molecule has 0 aliphatic carbocycles. The number of carbonyl (C=O) groups excluding carboxylic acids is 2. The highest BCUT2D eigenvalue weighted by molar-refractivity contribution is 6.45. The first-order valence-electron chi connectivity index (χ1n) is 14.8. The molecule has 0 spiro atoms. The van der Waals surface area contributed by atoms with Crippen LogP contribution >= 0.6 is 0 Å². The van der Waals surface area contributed by atoms with Gasteiger partial charge in [-0.3, -0.25) is 29.2 Å². The van der Waals surface area contributed by atoms with Gasteiger partial charge in [0.2, 0.25) is 0 Å². The number of hydrazine groups is 1. The number of nitrogens with one attached hydrogen (secondary N) is 1. The molecule has 4 aromatic rings. The number of piperazine rings is 1. The first-order valence-corrected chi connectivity index (χ1v) is 14.8. The van der Waals surface area contributed by atoms with Gasteiger partial charge in [0, 0.05) is 76.2 Å². The maximum atomic E-state index is 14.9. The Morgan fingerprint density at radius 2 is 1.87 bits per heavy atom. The number of fused-ring (bicyclic) bond motifs is 1. The number of aliphatic imine (C=N–C) groups is 1. The van der Waals surface area contributed by atoms with Gasteiger partial charge in [-0.25, -0.2) is 15.2 Å². The Kier molecular flexibility index (Phi) is 8.96. The summed E-state index contributed by atoms with van der Waals surface area (Å²) < 4.78 is 22.4. The molecule has 2 aliphatic heterocycles. The fraction of sp³-hybridized carbons (Fsp3) is 0.323. The number of morpholine rings is 1. The molecule has 2 saturated heterocycles. The molecule has 3 N–H and O–H groups in total. The maximum Gasteiger partial charge on any atom is 0.295 e. The summed E-state index contributed by atoms with van der Waals surface area (Å²) >= 11 is 0. The molecule has 14 heteroatoms. The molecule has 0 radical (unpaired) electrons. The number of carbonyl (C=O) groups is 2. The van der Waals surface area contributed by atoms with Crippen molar-refractivity contribution < 1.29 is 18.7 Å². The van der Waals surface area contributed by atoms with Crippen molar-refractivity contribution in [3.63, 3.8) is 0 Å². The zero-order valence-corrected chi connectivity index (χ0v) is 24.8. The normalized spacial score (nSPS) is 16.0. The number of anilines is 2. The lowest BCUT2D eigenvalue weighted by Gasteiger charge is -2.35. The molecule has 13 nitrogen and oxygen atoms in total. The lowest BCUT2D eigenvalue weighted by atomic mass is 10.1.